The second kappa shape index (κ2) is 4.53. The minimum absolute atomic E-state index is 0.0696. The van der Waals surface area contributed by atoms with Crippen molar-refractivity contribution in [3.05, 3.63) is 47.0 Å². The van der Waals surface area contributed by atoms with Gasteiger partial charge >= 0.3 is 0 Å². The molecule has 1 aromatic carbocycles. The zero-order valence-electron chi connectivity index (χ0n) is 9.99. The van der Waals surface area contributed by atoms with Gasteiger partial charge in [-0.1, -0.05) is 44.2 Å². The molecule has 0 unspecified atom stereocenters. The van der Waals surface area contributed by atoms with Crippen molar-refractivity contribution in [3.63, 3.8) is 0 Å². The van der Waals surface area contributed by atoms with E-state index in [2.05, 4.69) is 5.32 Å². The fourth-order valence-corrected chi connectivity index (χ4v) is 2.09. The van der Waals surface area contributed by atoms with Crippen molar-refractivity contribution in [2.75, 3.05) is 0 Å². The highest BCUT2D eigenvalue weighted by molar-refractivity contribution is 6.19. The molecule has 1 aromatic rings. The van der Waals surface area contributed by atoms with E-state index >= 15 is 0 Å². The normalized spacial score (nSPS) is 15.7. The maximum atomic E-state index is 11.7. The van der Waals surface area contributed by atoms with E-state index in [-0.39, 0.29) is 17.7 Å². The highest BCUT2D eigenvalue weighted by Crippen LogP contribution is 2.23. The topological polar surface area (TPSA) is 46.2 Å². The van der Waals surface area contributed by atoms with Crippen LogP contribution in [0.1, 0.15) is 19.4 Å². The fourth-order valence-electron chi connectivity index (χ4n) is 2.09. The van der Waals surface area contributed by atoms with Crippen molar-refractivity contribution in [2.45, 2.75) is 20.3 Å². The quantitative estimate of drug-likeness (QED) is 0.804. The predicted octanol–water partition coefficient (Wildman–Crippen LogP) is 1.84. The van der Waals surface area contributed by atoms with E-state index in [9.17, 15) is 9.59 Å². The van der Waals surface area contributed by atoms with Crippen molar-refractivity contribution < 1.29 is 9.59 Å². The van der Waals surface area contributed by atoms with Gasteiger partial charge < -0.3 is 0 Å². The average molecular weight is 229 g/mol. The smallest absolute Gasteiger partial charge is 0.254 e. The second-order valence-corrected chi connectivity index (χ2v) is 4.49. The van der Waals surface area contributed by atoms with Crippen LogP contribution in [0.15, 0.2) is 41.5 Å². The summed E-state index contributed by atoms with van der Waals surface area (Å²) in [6.45, 7) is 3.86. The third-order valence-corrected chi connectivity index (χ3v) is 2.87. The Bertz CT molecular complexity index is 486. The fraction of sp³-hybridized carbons (Fsp3) is 0.286. The molecule has 0 atom stereocenters. The number of hydrogen-bond donors (Lipinski definition) is 1. The molecule has 1 N–H and O–H groups in total. The van der Waals surface area contributed by atoms with Crippen LogP contribution in [0, 0.1) is 5.92 Å². The molecule has 0 aromatic heterocycles. The summed E-state index contributed by atoms with van der Waals surface area (Å²) in [4.78, 5) is 23.4. The molecule has 0 saturated heterocycles. The number of carbonyl (C=O) groups is 2. The monoisotopic (exact) mass is 229 g/mol. The predicted molar refractivity (Wildman–Crippen MR) is 65.2 cm³/mol. The molecule has 0 fully saturated rings. The lowest BCUT2D eigenvalue weighted by molar-refractivity contribution is -0.124. The van der Waals surface area contributed by atoms with E-state index in [1.165, 1.54) is 0 Å². The van der Waals surface area contributed by atoms with Gasteiger partial charge in [0, 0.05) is 17.6 Å². The van der Waals surface area contributed by atoms with Crippen molar-refractivity contribution in [1.29, 1.82) is 0 Å². The lowest BCUT2D eigenvalue weighted by atomic mass is 9.95. The van der Waals surface area contributed by atoms with E-state index in [0.717, 1.165) is 5.56 Å². The lowest BCUT2D eigenvalue weighted by Crippen LogP contribution is -2.24. The van der Waals surface area contributed by atoms with Crippen LogP contribution in [-0.2, 0) is 16.0 Å². The van der Waals surface area contributed by atoms with Gasteiger partial charge in [0.2, 0.25) is 0 Å². The van der Waals surface area contributed by atoms with Gasteiger partial charge in [-0.2, -0.15) is 0 Å². The minimum Gasteiger partial charge on any atom is -0.289 e. The first kappa shape index (κ1) is 11.6. The average Bonchev–Trinajstić information content (AvgIpc) is 2.55. The number of hydrogen-bond acceptors (Lipinski definition) is 2. The van der Waals surface area contributed by atoms with Crippen LogP contribution < -0.4 is 5.32 Å². The van der Waals surface area contributed by atoms with E-state index in [1.807, 2.05) is 44.2 Å². The van der Waals surface area contributed by atoms with Crippen LogP contribution in [0.5, 0.6) is 0 Å². The van der Waals surface area contributed by atoms with Crippen molar-refractivity contribution >= 4 is 11.8 Å². The van der Waals surface area contributed by atoms with Gasteiger partial charge in [0.15, 0.2) is 0 Å². The summed E-state index contributed by atoms with van der Waals surface area (Å²) in [6.07, 6.45) is 0.520. The summed E-state index contributed by atoms with van der Waals surface area (Å²) in [5.41, 5.74) is 2.28. The molecule has 1 aliphatic heterocycles. The van der Waals surface area contributed by atoms with Crippen LogP contribution in [-0.4, -0.2) is 11.8 Å². The summed E-state index contributed by atoms with van der Waals surface area (Å²) in [5.74, 6) is -0.418. The Morgan fingerprint density at radius 2 is 1.71 bits per heavy atom. The number of imide groups is 1. The Morgan fingerprint density at radius 1 is 1.06 bits per heavy atom. The summed E-state index contributed by atoms with van der Waals surface area (Å²) >= 11 is 0. The Hall–Kier alpha value is -1.90. The molecule has 88 valence electrons. The van der Waals surface area contributed by atoms with Gasteiger partial charge in [-0.25, -0.2) is 0 Å². The molecular formula is C14H15NO2. The number of rotatable bonds is 3. The number of amides is 2. The number of nitrogens with one attached hydrogen (secondary N) is 1. The molecule has 0 bridgehead atoms. The van der Waals surface area contributed by atoms with Crippen molar-refractivity contribution in [1.82, 2.24) is 5.32 Å². The Kier molecular flexibility index (Phi) is 3.09. The summed E-state index contributed by atoms with van der Waals surface area (Å²) < 4.78 is 0. The van der Waals surface area contributed by atoms with Gasteiger partial charge in [0.1, 0.15) is 0 Å². The summed E-state index contributed by atoms with van der Waals surface area (Å²) in [6, 6.07) is 9.71. The summed E-state index contributed by atoms with van der Waals surface area (Å²) in [5, 5.41) is 2.37. The van der Waals surface area contributed by atoms with Gasteiger partial charge in [0.05, 0.1) is 0 Å². The molecule has 1 heterocycles. The first-order valence-corrected chi connectivity index (χ1v) is 5.72. The highest BCUT2D eigenvalue weighted by atomic mass is 16.2. The van der Waals surface area contributed by atoms with Crippen LogP contribution in [0.4, 0.5) is 0 Å². The number of benzene rings is 1. The van der Waals surface area contributed by atoms with Crippen LogP contribution in [0.3, 0.4) is 0 Å². The molecular weight excluding hydrogens is 214 g/mol. The lowest BCUT2D eigenvalue weighted by Gasteiger charge is -2.06. The van der Waals surface area contributed by atoms with Gasteiger partial charge in [-0.3, -0.25) is 14.9 Å². The van der Waals surface area contributed by atoms with Gasteiger partial charge in [0.25, 0.3) is 11.8 Å². The zero-order chi connectivity index (χ0) is 12.4. The standard InChI is InChI=1S/C14H15NO2/c1-9(2)12-11(13(16)15-14(12)17)8-10-6-4-3-5-7-10/h3-7,9H,8H2,1-2H3,(H,15,16,17). The van der Waals surface area contributed by atoms with Crippen LogP contribution in [0.2, 0.25) is 0 Å². The van der Waals surface area contributed by atoms with E-state index in [1.54, 1.807) is 0 Å². The van der Waals surface area contributed by atoms with Crippen LogP contribution in [0.25, 0.3) is 0 Å². The zero-order valence-corrected chi connectivity index (χ0v) is 9.99. The van der Waals surface area contributed by atoms with E-state index in [0.29, 0.717) is 17.6 Å². The van der Waals surface area contributed by atoms with Crippen LogP contribution >= 0.6 is 0 Å². The first-order valence-electron chi connectivity index (χ1n) is 5.72. The summed E-state index contributed by atoms with van der Waals surface area (Å²) in [7, 11) is 0. The molecule has 3 nitrogen and oxygen atoms in total. The third kappa shape index (κ3) is 2.28. The molecule has 17 heavy (non-hydrogen) atoms. The molecule has 2 amide bonds. The molecule has 0 saturated carbocycles. The third-order valence-electron chi connectivity index (χ3n) is 2.87. The van der Waals surface area contributed by atoms with Gasteiger partial charge in [-0.15, -0.1) is 0 Å². The van der Waals surface area contributed by atoms with Crippen molar-refractivity contribution in [2.24, 2.45) is 5.92 Å². The Balaban J connectivity index is 2.35. The molecule has 0 aliphatic carbocycles. The molecule has 3 heteroatoms. The van der Waals surface area contributed by atoms with E-state index < -0.39 is 0 Å². The van der Waals surface area contributed by atoms with Crippen molar-refractivity contribution in [3.8, 4) is 0 Å². The Morgan fingerprint density at radius 3 is 2.29 bits per heavy atom. The second-order valence-electron chi connectivity index (χ2n) is 4.49. The first-order chi connectivity index (χ1) is 8.09. The minimum atomic E-state index is -0.248. The van der Waals surface area contributed by atoms with E-state index in [4.69, 9.17) is 0 Å². The van der Waals surface area contributed by atoms with Gasteiger partial charge in [-0.05, 0) is 11.5 Å². The highest BCUT2D eigenvalue weighted by Gasteiger charge is 2.31. The number of carbonyl (C=O) groups excluding carboxylic acids is 2. The molecule has 2 rings (SSSR count). The largest absolute Gasteiger partial charge is 0.289 e. The maximum absolute atomic E-state index is 11.7. The SMILES string of the molecule is CC(C)C1=C(Cc2ccccc2)C(=O)NC1=O. The molecule has 1 aliphatic rings. The Labute approximate surface area is 101 Å². The maximum Gasteiger partial charge on any atom is 0.254 e. The molecule has 0 spiro atoms. The molecule has 0 radical (unpaired) electrons.